The van der Waals surface area contributed by atoms with E-state index in [1.54, 1.807) is 4.68 Å². The molecule has 2 rings (SSSR count). The maximum absolute atomic E-state index is 4.25. The van der Waals surface area contributed by atoms with Gasteiger partial charge in [-0.3, -0.25) is 4.68 Å². The molecule has 0 unspecified atom stereocenters. The van der Waals surface area contributed by atoms with Gasteiger partial charge in [-0.15, -0.1) is 0 Å². The first kappa shape index (κ1) is 9.77. The molecule has 1 aromatic heterocycles. The summed E-state index contributed by atoms with van der Waals surface area (Å²) in [6, 6.07) is 10.5. The largest absolute Gasteiger partial charge is 0.365 e. The summed E-state index contributed by atoms with van der Waals surface area (Å²) in [6.45, 7) is 2.91. The van der Waals surface area contributed by atoms with Crippen molar-refractivity contribution in [3.05, 3.63) is 47.7 Å². The number of rotatable bonds is 3. The fourth-order valence-electron chi connectivity index (χ4n) is 1.41. The van der Waals surface area contributed by atoms with E-state index in [2.05, 4.69) is 41.6 Å². The van der Waals surface area contributed by atoms with Crippen molar-refractivity contribution in [3.63, 3.8) is 0 Å². The van der Waals surface area contributed by atoms with Crippen molar-refractivity contribution in [2.75, 3.05) is 5.32 Å². The smallest absolute Gasteiger partial charge is 0.148 e. The summed E-state index contributed by atoms with van der Waals surface area (Å²) in [4.78, 5) is 0. The molecule has 0 fully saturated rings. The number of aryl methyl sites for hydroxylation is 2. The molecule has 0 radical (unpaired) electrons. The number of aromatic nitrogens is 2. The Kier molecular flexibility index (Phi) is 2.72. The summed E-state index contributed by atoms with van der Waals surface area (Å²) in [5.41, 5.74) is 2.56. The molecule has 0 amide bonds. The van der Waals surface area contributed by atoms with Gasteiger partial charge in [-0.25, -0.2) is 0 Å². The van der Waals surface area contributed by atoms with Crippen LogP contribution in [0.15, 0.2) is 36.5 Å². The number of anilines is 1. The minimum Gasteiger partial charge on any atom is -0.365 e. The molecule has 15 heavy (non-hydrogen) atoms. The van der Waals surface area contributed by atoms with E-state index < -0.39 is 0 Å². The first-order valence-corrected chi connectivity index (χ1v) is 5.03. The van der Waals surface area contributed by atoms with Crippen LogP contribution in [0.3, 0.4) is 0 Å². The van der Waals surface area contributed by atoms with Gasteiger partial charge in [0.2, 0.25) is 0 Å². The fraction of sp³-hybridized carbons (Fsp3) is 0.250. The van der Waals surface area contributed by atoms with Gasteiger partial charge >= 0.3 is 0 Å². The Morgan fingerprint density at radius 3 is 2.53 bits per heavy atom. The minimum atomic E-state index is 0.817. The summed E-state index contributed by atoms with van der Waals surface area (Å²) in [5.74, 6) is 0.915. The van der Waals surface area contributed by atoms with Crippen LogP contribution < -0.4 is 5.32 Å². The molecule has 0 saturated heterocycles. The van der Waals surface area contributed by atoms with E-state index in [0.29, 0.717) is 0 Å². The molecule has 0 atom stereocenters. The zero-order valence-electron chi connectivity index (χ0n) is 9.07. The lowest BCUT2D eigenvalue weighted by atomic mass is 10.1. The molecule has 0 saturated carbocycles. The van der Waals surface area contributed by atoms with Crippen molar-refractivity contribution in [2.45, 2.75) is 13.5 Å². The average Bonchev–Trinajstić information content (AvgIpc) is 2.64. The second-order valence-electron chi connectivity index (χ2n) is 3.71. The van der Waals surface area contributed by atoms with Gasteiger partial charge in [-0.2, -0.15) is 5.10 Å². The number of hydrogen-bond acceptors (Lipinski definition) is 2. The third kappa shape index (κ3) is 2.59. The van der Waals surface area contributed by atoms with Gasteiger partial charge in [-0.05, 0) is 12.5 Å². The highest BCUT2D eigenvalue weighted by Gasteiger charge is 1.96. The number of nitrogens with one attached hydrogen (secondary N) is 1. The number of nitrogens with zero attached hydrogens (tertiary/aromatic N) is 2. The van der Waals surface area contributed by atoms with Gasteiger partial charge < -0.3 is 5.32 Å². The molecule has 0 spiro atoms. The van der Waals surface area contributed by atoms with Crippen LogP contribution in [0.4, 0.5) is 5.82 Å². The topological polar surface area (TPSA) is 29.9 Å². The molecule has 1 N–H and O–H groups in total. The van der Waals surface area contributed by atoms with E-state index in [1.165, 1.54) is 11.1 Å². The Morgan fingerprint density at radius 2 is 1.93 bits per heavy atom. The van der Waals surface area contributed by atoms with Crippen molar-refractivity contribution >= 4 is 5.82 Å². The highest BCUT2D eigenvalue weighted by atomic mass is 15.3. The maximum atomic E-state index is 4.25. The van der Waals surface area contributed by atoms with Crippen molar-refractivity contribution < 1.29 is 0 Å². The zero-order chi connectivity index (χ0) is 10.7. The molecule has 1 aromatic carbocycles. The second kappa shape index (κ2) is 4.17. The van der Waals surface area contributed by atoms with Crippen LogP contribution >= 0.6 is 0 Å². The standard InChI is InChI=1S/C12H15N3/c1-10-3-5-11(6-4-10)9-13-12-7-8-15(2)14-12/h3-8H,9H2,1-2H3,(H,13,14). The second-order valence-corrected chi connectivity index (χ2v) is 3.71. The van der Waals surface area contributed by atoms with Gasteiger partial charge in [0.25, 0.3) is 0 Å². The van der Waals surface area contributed by atoms with E-state index in [9.17, 15) is 0 Å². The molecule has 0 aliphatic rings. The van der Waals surface area contributed by atoms with E-state index in [1.807, 2.05) is 19.3 Å². The third-order valence-corrected chi connectivity index (χ3v) is 2.31. The zero-order valence-corrected chi connectivity index (χ0v) is 9.07. The van der Waals surface area contributed by atoms with Gasteiger partial charge in [0.1, 0.15) is 5.82 Å². The molecular formula is C12H15N3. The fourth-order valence-corrected chi connectivity index (χ4v) is 1.41. The molecule has 0 aliphatic heterocycles. The molecule has 3 heteroatoms. The van der Waals surface area contributed by atoms with Gasteiger partial charge in [0, 0.05) is 25.9 Å². The van der Waals surface area contributed by atoms with Crippen LogP contribution in [0.5, 0.6) is 0 Å². The molecular weight excluding hydrogens is 186 g/mol. The Balaban J connectivity index is 1.96. The predicted molar refractivity (Wildman–Crippen MR) is 61.7 cm³/mol. The highest BCUT2D eigenvalue weighted by Crippen LogP contribution is 2.07. The lowest BCUT2D eigenvalue weighted by Crippen LogP contribution is -2.00. The molecule has 2 aromatic rings. The Morgan fingerprint density at radius 1 is 1.20 bits per heavy atom. The van der Waals surface area contributed by atoms with Crippen molar-refractivity contribution in [3.8, 4) is 0 Å². The summed E-state index contributed by atoms with van der Waals surface area (Å²) < 4.78 is 1.79. The van der Waals surface area contributed by atoms with E-state index >= 15 is 0 Å². The average molecular weight is 201 g/mol. The van der Waals surface area contributed by atoms with Crippen molar-refractivity contribution in [2.24, 2.45) is 7.05 Å². The van der Waals surface area contributed by atoms with Crippen LogP contribution in [0.2, 0.25) is 0 Å². The summed E-state index contributed by atoms with van der Waals surface area (Å²) in [7, 11) is 1.91. The van der Waals surface area contributed by atoms with Crippen LogP contribution in [0.1, 0.15) is 11.1 Å². The van der Waals surface area contributed by atoms with E-state index in [0.717, 1.165) is 12.4 Å². The van der Waals surface area contributed by atoms with Crippen LogP contribution in [0, 0.1) is 6.92 Å². The number of benzene rings is 1. The first-order chi connectivity index (χ1) is 7.24. The molecule has 0 bridgehead atoms. The molecule has 0 aliphatic carbocycles. The normalized spacial score (nSPS) is 10.3. The van der Waals surface area contributed by atoms with Crippen molar-refractivity contribution in [1.82, 2.24) is 9.78 Å². The quantitative estimate of drug-likeness (QED) is 0.826. The maximum Gasteiger partial charge on any atom is 0.148 e. The minimum absolute atomic E-state index is 0.817. The lowest BCUT2D eigenvalue weighted by Gasteiger charge is -2.03. The number of hydrogen-bond donors (Lipinski definition) is 1. The Hall–Kier alpha value is -1.77. The van der Waals surface area contributed by atoms with Gasteiger partial charge in [0.05, 0.1) is 0 Å². The Labute approximate surface area is 89.7 Å². The van der Waals surface area contributed by atoms with Crippen molar-refractivity contribution in [1.29, 1.82) is 0 Å². The van der Waals surface area contributed by atoms with Gasteiger partial charge in [-0.1, -0.05) is 29.8 Å². The monoisotopic (exact) mass is 201 g/mol. The van der Waals surface area contributed by atoms with Crippen LogP contribution in [0.25, 0.3) is 0 Å². The molecule has 1 heterocycles. The SMILES string of the molecule is Cc1ccc(CNc2ccn(C)n2)cc1. The summed E-state index contributed by atoms with van der Waals surface area (Å²) in [6.07, 6.45) is 1.93. The van der Waals surface area contributed by atoms with Crippen LogP contribution in [-0.2, 0) is 13.6 Å². The lowest BCUT2D eigenvalue weighted by molar-refractivity contribution is 0.768. The van der Waals surface area contributed by atoms with Gasteiger partial charge in [0.15, 0.2) is 0 Å². The summed E-state index contributed by atoms with van der Waals surface area (Å²) in [5, 5.41) is 7.52. The first-order valence-electron chi connectivity index (χ1n) is 5.03. The van der Waals surface area contributed by atoms with E-state index in [4.69, 9.17) is 0 Å². The summed E-state index contributed by atoms with van der Waals surface area (Å²) >= 11 is 0. The van der Waals surface area contributed by atoms with E-state index in [-0.39, 0.29) is 0 Å². The Bertz CT molecular complexity index is 428. The predicted octanol–water partition coefficient (Wildman–Crippen LogP) is 2.34. The van der Waals surface area contributed by atoms with Crippen LogP contribution in [-0.4, -0.2) is 9.78 Å². The highest BCUT2D eigenvalue weighted by molar-refractivity contribution is 5.34. The third-order valence-electron chi connectivity index (χ3n) is 2.31. The molecule has 78 valence electrons. The molecule has 3 nitrogen and oxygen atoms in total.